The number of fused-ring (bicyclic) bond motifs is 1. The Morgan fingerprint density at radius 3 is 2.74 bits per heavy atom. The number of unbranched alkanes of at least 4 members (excludes halogenated alkanes) is 3. The number of rotatable bonds is 10. The van der Waals surface area contributed by atoms with Crippen LogP contribution >= 0.6 is 0 Å². The number of carbonyl (C=O) groups excluding carboxylic acids is 3. The number of nitrogens with zero attached hydrogens (tertiary/aromatic N) is 1. The topological polar surface area (TPSA) is 97.0 Å². The second-order valence-corrected chi connectivity index (χ2v) is 11.4. The van der Waals surface area contributed by atoms with Crippen LogP contribution in [0.2, 0.25) is 0 Å². The fourth-order valence-corrected chi connectivity index (χ4v) is 6.94. The van der Waals surface area contributed by atoms with E-state index < -0.39 is 29.6 Å². The number of methoxy groups -OCH3 is 1. The molecule has 2 bridgehead atoms. The van der Waals surface area contributed by atoms with E-state index in [0.717, 1.165) is 44.9 Å². The van der Waals surface area contributed by atoms with Crippen LogP contribution in [0.4, 0.5) is 5.69 Å². The summed E-state index contributed by atoms with van der Waals surface area (Å²) in [7, 11) is 1.57. The molecule has 1 aromatic carbocycles. The van der Waals surface area contributed by atoms with Gasteiger partial charge in [0.2, 0.25) is 17.7 Å². The molecular formula is C30H41N3O5. The molecule has 4 aliphatic rings. The lowest BCUT2D eigenvalue weighted by molar-refractivity contribution is -0.141. The highest BCUT2D eigenvalue weighted by atomic mass is 16.5. The Kier molecular flexibility index (Phi) is 7.80. The van der Waals surface area contributed by atoms with Gasteiger partial charge in [-0.2, -0.15) is 0 Å². The van der Waals surface area contributed by atoms with Crippen LogP contribution in [-0.4, -0.2) is 60.1 Å². The number of anilines is 1. The SMILES string of the molecule is CCCCCCN1C(=O)[C@H]2[C@H](C(=O)Nc3cccc(OC)c3)[C@H]3C=C[C@@]2(O3)[C@@H]1C(=O)N[C@@H]1CCCC[C@@H]1C. The minimum atomic E-state index is -1.12. The zero-order valence-corrected chi connectivity index (χ0v) is 22.8. The number of hydrogen-bond acceptors (Lipinski definition) is 5. The van der Waals surface area contributed by atoms with Crippen molar-refractivity contribution < 1.29 is 23.9 Å². The van der Waals surface area contributed by atoms with Crippen molar-refractivity contribution in [3.63, 3.8) is 0 Å². The lowest BCUT2D eigenvalue weighted by Gasteiger charge is -2.36. The lowest BCUT2D eigenvalue weighted by Crippen LogP contribution is -2.57. The molecule has 3 fully saturated rings. The van der Waals surface area contributed by atoms with E-state index in [2.05, 4.69) is 24.5 Å². The molecule has 1 aromatic rings. The standard InChI is InChI=1S/C30H41N3O5/c1-4-5-6-9-17-33-26(28(35)32-22-14-8-7-11-19(22)2)30-16-15-23(38-30)24(25(30)29(33)36)27(34)31-20-12-10-13-21(18-20)37-3/h10,12-13,15-16,18-19,22-26H,4-9,11,14,17H2,1-3H3,(H,31,34)(H,32,35)/t19-,22+,23+,24+,25+,26-,30-/m0/s1. The first kappa shape index (κ1) is 26.7. The summed E-state index contributed by atoms with van der Waals surface area (Å²) in [5, 5.41) is 6.25. The first-order chi connectivity index (χ1) is 18.4. The Balaban J connectivity index is 1.41. The number of carbonyl (C=O) groups is 3. The molecule has 1 aliphatic carbocycles. The number of benzene rings is 1. The minimum Gasteiger partial charge on any atom is -0.497 e. The van der Waals surface area contributed by atoms with Crippen LogP contribution in [0.15, 0.2) is 36.4 Å². The van der Waals surface area contributed by atoms with E-state index in [1.165, 1.54) is 6.42 Å². The second-order valence-electron chi connectivity index (χ2n) is 11.4. The van der Waals surface area contributed by atoms with Gasteiger partial charge in [0.1, 0.15) is 17.4 Å². The van der Waals surface area contributed by atoms with E-state index in [1.807, 2.05) is 12.2 Å². The Hall–Kier alpha value is -2.87. The van der Waals surface area contributed by atoms with Crippen molar-refractivity contribution in [3.05, 3.63) is 36.4 Å². The smallest absolute Gasteiger partial charge is 0.246 e. The van der Waals surface area contributed by atoms with Crippen LogP contribution in [0.3, 0.4) is 0 Å². The molecule has 3 heterocycles. The Morgan fingerprint density at radius 2 is 1.97 bits per heavy atom. The first-order valence-corrected chi connectivity index (χ1v) is 14.3. The van der Waals surface area contributed by atoms with E-state index in [-0.39, 0.29) is 23.8 Å². The van der Waals surface area contributed by atoms with Crippen molar-refractivity contribution in [1.82, 2.24) is 10.2 Å². The van der Waals surface area contributed by atoms with Gasteiger partial charge in [0.05, 0.1) is 25.0 Å². The second kappa shape index (κ2) is 11.1. The molecule has 38 heavy (non-hydrogen) atoms. The number of amides is 3. The maximum Gasteiger partial charge on any atom is 0.246 e. The van der Waals surface area contributed by atoms with Crippen LogP contribution in [0, 0.1) is 17.8 Å². The fraction of sp³-hybridized carbons (Fsp3) is 0.633. The quantitative estimate of drug-likeness (QED) is 0.356. The normalized spacial score (nSPS) is 33.3. The molecule has 3 amide bonds. The van der Waals surface area contributed by atoms with Crippen molar-refractivity contribution in [3.8, 4) is 5.75 Å². The van der Waals surface area contributed by atoms with Gasteiger partial charge in [0, 0.05) is 24.3 Å². The van der Waals surface area contributed by atoms with Gasteiger partial charge in [-0.3, -0.25) is 14.4 Å². The van der Waals surface area contributed by atoms with Gasteiger partial charge in [0.25, 0.3) is 0 Å². The maximum atomic E-state index is 14.0. The van der Waals surface area contributed by atoms with E-state index in [0.29, 0.717) is 23.9 Å². The number of likely N-dealkylation sites (tertiary alicyclic amines) is 1. The molecule has 3 aliphatic heterocycles. The van der Waals surface area contributed by atoms with Crippen LogP contribution < -0.4 is 15.4 Å². The van der Waals surface area contributed by atoms with Crippen molar-refractivity contribution in [2.75, 3.05) is 19.0 Å². The number of hydrogen-bond donors (Lipinski definition) is 2. The Labute approximate surface area is 225 Å². The zero-order valence-electron chi connectivity index (χ0n) is 22.8. The summed E-state index contributed by atoms with van der Waals surface area (Å²) >= 11 is 0. The average Bonchev–Trinajstić information content (AvgIpc) is 3.55. The molecule has 0 radical (unpaired) electrons. The summed E-state index contributed by atoms with van der Waals surface area (Å²) in [4.78, 5) is 43.2. The summed E-state index contributed by atoms with van der Waals surface area (Å²) in [5.74, 6) is -0.996. The third-order valence-corrected chi connectivity index (χ3v) is 8.95. The van der Waals surface area contributed by atoms with Crippen molar-refractivity contribution in [1.29, 1.82) is 0 Å². The molecule has 0 aromatic heterocycles. The van der Waals surface area contributed by atoms with Gasteiger partial charge in [0.15, 0.2) is 0 Å². The van der Waals surface area contributed by atoms with Crippen molar-refractivity contribution in [2.24, 2.45) is 17.8 Å². The largest absolute Gasteiger partial charge is 0.497 e. The number of nitrogens with one attached hydrogen (secondary N) is 2. The molecular weight excluding hydrogens is 482 g/mol. The van der Waals surface area contributed by atoms with Crippen LogP contribution in [0.25, 0.3) is 0 Å². The van der Waals surface area contributed by atoms with E-state index in [4.69, 9.17) is 9.47 Å². The van der Waals surface area contributed by atoms with Crippen molar-refractivity contribution in [2.45, 2.75) is 89.0 Å². The molecule has 5 rings (SSSR count). The predicted octanol–water partition coefficient (Wildman–Crippen LogP) is 4.06. The molecule has 0 unspecified atom stereocenters. The first-order valence-electron chi connectivity index (χ1n) is 14.3. The highest BCUT2D eigenvalue weighted by Gasteiger charge is 2.72. The van der Waals surface area contributed by atoms with E-state index in [1.54, 1.807) is 36.3 Å². The molecule has 2 saturated heterocycles. The molecule has 7 atom stereocenters. The monoisotopic (exact) mass is 523 g/mol. The van der Waals surface area contributed by atoms with E-state index >= 15 is 0 Å². The minimum absolute atomic E-state index is 0.0958. The fourth-order valence-electron chi connectivity index (χ4n) is 6.94. The number of ether oxygens (including phenoxy) is 2. The average molecular weight is 524 g/mol. The summed E-state index contributed by atoms with van der Waals surface area (Å²) in [6.45, 7) is 4.82. The van der Waals surface area contributed by atoms with Gasteiger partial charge in [-0.05, 0) is 37.3 Å². The third-order valence-electron chi connectivity index (χ3n) is 8.95. The summed E-state index contributed by atoms with van der Waals surface area (Å²) in [5.41, 5.74) is -0.525. The molecule has 1 spiro atoms. The zero-order chi connectivity index (χ0) is 26.9. The van der Waals surface area contributed by atoms with E-state index in [9.17, 15) is 14.4 Å². The highest BCUT2D eigenvalue weighted by Crippen LogP contribution is 2.55. The molecule has 206 valence electrons. The predicted molar refractivity (Wildman–Crippen MR) is 145 cm³/mol. The molecule has 8 heteroatoms. The molecule has 2 N–H and O–H groups in total. The van der Waals surface area contributed by atoms with Crippen LogP contribution in [-0.2, 0) is 19.1 Å². The molecule has 1 saturated carbocycles. The maximum absolute atomic E-state index is 14.0. The van der Waals surface area contributed by atoms with Gasteiger partial charge in [-0.25, -0.2) is 0 Å². The molecule has 8 nitrogen and oxygen atoms in total. The third kappa shape index (κ3) is 4.72. The van der Waals surface area contributed by atoms with Gasteiger partial charge in [-0.15, -0.1) is 0 Å². The summed E-state index contributed by atoms with van der Waals surface area (Å²) in [6.07, 6.45) is 11.5. The van der Waals surface area contributed by atoms with Crippen LogP contribution in [0.1, 0.15) is 65.2 Å². The summed E-state index contributed by atoms with van der Waals surface area (Å²) in [6, 6.07) is 6.47. The highest BCUT2D eigenvalue weighted by molar-refractivity contribution is 6.02. The lowest BCUT2D eigenvalue weighted by atomic mass is 9.74. The van der Waals surface area contributed by atoms with Gasteiger partial charge >= 0.3 is 0 Å². The Bertz CT molecular complexity index is 1090. The summed E-state index contributed by atoms with van der Waals surface area (Å²) < 4.78 is 11.7. The van der Waals surface area contributed by atoms with Gasteiger partial charge in [-0.1, -0.05) is 64.2 Å². The van der Waals surface area contributed by atoms with Crippen molar-refractivity contribution >= 4 is 23.4 Å². The van der Waals surface area contributed by atoms with Gasteiger partial charge < -0.3 is 25.0 Å². The van der Waals surface area contributed by atoms with Crippen LogP contribution in [0.5, 0.6) is 5.75 Å². The Morgan fingerprint density at radius 1 is 1.16 bits per heavy atom.